The summed E-state index contributed by atoms with van der Waals surface area (Å²) in [7, 11) is 0. The van der Waals surface area contributed by atoms with Crippen molar-refractivity contribution in [3.05, 3.63) is 253 Å². The second-order valence-corrected chi connectivity index (χ2v) is 14.3. The molecule has 0 radical (unpaired) electrons. The zero-order valence-corrected chi connectivity index (χ0v) is 30.8. The molecule has 1 atom stereocenters. The van der Waals surface area contributed by atoms with Gasteiger partial charge in [0.15, 0.2) is 0 Å². The van der Waals surface area contributed by atoms with E-state index in [1.54, 1.807) is 0 Å². The molecule has 2 nitrogen and oxygen atoms in total. The highest BCUT2D eigenvalue weighted by molar-refractivity contribution is 5.89. The van der Waals surface area contributed by atoms with E-state index in [9.17, 15) is 0 Å². The van der Waals surface area contributed by atoms with E-state index in [2.05, 4.69) is 235 Å². The van der Waals surface area contributed by atoms with Gasteiger partial charge in [-0.2, -0.15) is 0 Å². The number of fused-ring (bicyclic) bond motifs is 3. The molecule has 0 spiro atoms. The van der Waals surface area contributed by atoms with Gasteiger partial charge in [-0.05, 0) is 98.6 Å². The van der Waals surface area contributed by atoms with Gasteiger partial charge < -0.3 is 4.90 Å². The quantitative estimate of drug-likeness (QED) is 0.156. The van der Waals surface area contributed by atoms with E-state index in [1.165, 1.54) is 50.1 Å². The van der Waals surface area contributed by atoms with Crippen LogP contribution in [0.1, 0.15) is 22.4 Å². The second-order valence-electron chi connectivity index (χ2n) is 14.3. The van der Waals surface area contributed by atoms with Crippen molar-refractivity contribution in [1.82, 2.24) is 4.98 Å². The summed E-state index contributed by atoms with van der Waals surface area (Å²) in [6.45, 7) is 0. The molecule has 0 saturated heterocycles. The molecule has 9 aromatic rings. The van der Waals surface area contributed by atoms with Crippen LogP contribution in [0.2, 0.25) is 0 Å². The molecule has 1 aliphatic rings. The molecule has 264 valence electrons. The summed E-state index contributed by atoms with van der Waals surface area (Å²) in [4.78, 5) is 7.91. The van der Waals surface area contributed by atoms with Crippen LogP contribution in [0.5, 0.6) is 0 Å². The number of aromatic nitrogens is 1. The lowest BCUT2D eigenvalue weighted by molar-refractivity contribution is 0.736. The van der Waals surface area contributed by atoms with Crippen molar-refractivity contribution in [2.24, 2.45) is 0 Å². The predicted octanol–water partition coefficient (Wildman–Crippen LogP) is 13.9. The van der Waals surface area contributed by atoms with E-state index in [-0.39, 0.29) is 0 Å². The first-order valence-corrected chi connectivity index (χ1v) is 19.2. The number of hydrogen-bond acceptors (Lipinski definition) is 2. The number of rotatable bonds is 8. The molecular weight excluding hydrogens is 677 g/mol. The molecule has 0 fully saturated rings. The molecule has 1 unspecified atom stereocenters. The minimum absolute atomic E-state index is 0.659. The third kappa shape index (κ3) is 5.71. The van der Waals surface area contributed by atoms with E-state index in [4.69, 9.17) is 4.98 Å². The summed E-state index contributed by atoms with van der Waals surface area (Å²) in [5, 5.41) is 0. The number of nitrogens with zero attached hydrogens (tertiary/aromatic N) is 2. The van der Waals surface area contributed by atoms with Crippen LogP contribution in [0.4, 0.5) is 17.1 Å². The van der Waals surface area contributed by atoms with Crippen molar-refractivity contribution in [1.29, 1.82) is 0 Å². The standard InChI is InChI=1S/C54H38N2/c1-5-16-39(17-6-1)41-28-32-45(33-29-41)56(46-34-30-42(31-35-46)40-18-7-2-8-19-40)47-36-37-49-48-24-13-14-25-50(48)54(51(49)38-47,44-22-11-4-12-23-44)53-27-15-26-52(55-53)43-20-9-3-10-21-43/h1-38H. The van der Waals surface area contributed by atoms with Crippen LogP contribution in [-0.4, -0.2) is 4.98 Å². The van der Waals surface area contributed by atoms with Crippen LogP contribution >= 0.6 is 0 Å². The molecule has 0 aliphatic heterocycles. The molecular formula is C54H38N2. The van der Waals surface area contributed by atoms with Gasteiger partial charge in [0.05, 0.1) is 16.8 Å². The average molecular weight is 715 g/mol. The summed E-state index contributed by atoms with van der Waals surface area (Å²) < 4.78 is 0. The molecule has 0 amide bonds. The lowest BCUT2D eigenvalue weighted by Crippen LogP contribution is -2.30. The Bertz CT molecular complexity index is 2680. The number of anilines is 3. The zero-order chi connectivity index (χ0) is 37.3. The lowest BCUT2D eigenvalue weighted by atomic mass is 9.69. The van der Waals surface area contributed by atoms with Gasteiger partial charge in [0.2, 0.25) is 0 Å². The van der Waals surface area contributed by atoms with Gasteiger partial charge in [0, 0.05) is 22.6 Å². The Morgan fingerprint density at radius 3 is 1.38 bits per heavy atom. The summed E-state index contributed by atoms with van der Waals surface area (Å²) in [6, 6.07) is 82.8. The highest BCUT2D eigenvalue weighted by Crippen LogP contribution is 2.57. The number of benzene rings is 8. The molecule has 0 saturated carbocycles. The van der Waals surface area contributed by atoms with Crippen molar-refractivity contribution in [2.75, 3.05) is 4.90 Å². The Kier molecular flexibility index (Phi) is 8.42. The molecule has 0 N–H and O–H groups in total. The van der Waals surface area contributed by atoms with E-state index in [1.807, 2.05) is 0 Å². The minimum atomic E-state index is -0.659. The molecule has 0 bridgehead atoms. The van der Waals surface area contributed by atoms with Crippen LogP contribution in [0.15, 0.2) is 231 Å². The van der Waals surface area contributed by atoms with Crippen molar-refractivity contribution >= 4 is 17.1 Å². The van der Waals surface area contributed by atoms with Crippen LogP contribution in [0.3, 0.4) is 0 Å². The zero-order valence-electron chi connectivity index (χ0n) is 30.8. The molecule has 8 aromatic carbocycles. The third-order valence-corrected chi connectivity index (χ3v) is 11.2. The van der Waals surface area contributed by atoms with Gasteiger partial charge in [-0.1, -0.05) is 182 Å². The highest BCUT2D eigenvalue weighted by atomic mass is 15.1. The first-order chi connectivity index (χ1) is 27.8. The normalized spacial score (nSPS) is 14.1. The largest absolute Gasteiger partial charge is 0.310 e. The van der Waals surface area contributed by atoms with E-state index in [0.717, 1.165) is 34.0 Å². The van der Waals surface area contributed by atoms with E-state index < -0.39 is 5.41 Å². The summed E-state index contributed by atoms with van der Waals surface area (Å²) in [6.07, 6.45) is 0. The number of hydrogen-bond donors (Lipinski definition) is 0. The second kappa shape index (κ2) is 14.2. The predicted molar refractivity (Wildman–Crippen MR) is 233 cm³/mol. The van der Waals surface area contributed by atoms with Gasteiger partial charge >= 0.3 is 0 Å². The van der Waals surface area contributed by atoms with Crippen LogP contribution in [0, 0.1) is 0 Å². The van der Waals surface area contributed by atoms with Gasteiger partial charge in [0.25, 0.3) is 0 Å². The van der Waals surface area contributed by atoms with Crippen molar-refractivity contribution < 1.29 is 0 Å². The fourth-order valence-corrected chi connectivity index (χ4v) is 8.56. The summed E-state index contributed by atoms with van der Waals surface area (Å²) in [5.41, 5.74) is 16.5. The lowest BCUT2D eigenvalue weighted by Gasteiger charge is -2.34. The molecule has 1 aliphatic carbocycles. The Hall–Kier alpha value is -7.29. The van der Waals surface area contributed by atoms with Gasteiger partial charge in [-0.3, -0.25) is 4.98 Å². The third-order valence-electron chi connectivity index (χ3n) is 11.2. The molecule has 1 heterocycles. The Labute approximate surface area is 328 Å². The van der Waals surface area contributed by atoms with Crippen molar-refractivity contribution in [3.8, 4) is 44.6 Å². The fraction of sp³-hybridized carbons (Fsp3) is 0.0185. The Morgan fingerprint density at radius 2 is 0.786 bits per heavy atom. The summed E-state index contributed by atoms with van der Waals surface area (Å²) >= 11 is 0. The minimum Gasteiger partial charge on any atom is -0.310 e. The molecule has 2 heteroatoms. The smallest absolute Gasteiger partial charge is 0.0886 e. The van der Waals surface area contributed by atoms with Gasteiger partial charge in [0.1, 0.15) is 0 Å². The highest BCUT2D eigenvalue weighted by Gasteiger charge is 2.47. The van der Waals surface area contributed by atoms with Crippen molar-refractivity contribution in [3.63, 3.8) is 0 Å². The SMILES string of the molecule is c1ccc(-c2ccc(N(c3ccc(-c4ccccc4)cc3)c3ccc4c(c3)C(c3ccccc3)(c3cccc(-c5ccccc5)n3)c3ccccc3-4)cc2)cc1. The van der Waals surface area contributed by atoms with Gasteiger partial charge in [-0.15, -0.1) is 0 Å². The molecule has 1 aromatic heterocycles. The average Bonchev–Trinajstić information content (AvgIpc) is 3.59. The first-order valence-electron chi connectivity index (χ1n) is 19.2. The molecule has 56 heavy (non-hydrogen) atoms. The Morgan fingerprint density at radius 1 is 0.321 bits per heavy atom. The Balaban J connectivity index is 1.19. The van der Waals surface area contributed by atoms with Gasteiger partial charge in [-0.25, -0.2) is 0 Å². The number of pyridine rings is 1. The maximum atomic E-state index is 5.53. The fourth-order valence-electron chi connectivity index (χ4n) is 8.56. The topological polar surface area (TPSA) is 16.1 Å². The van der Waals surface area contributed by atoms with Crippen LogP contribution in [0.25, 0.3) is 44.6 Å². The maximum Gasteiger partial charge on any atom is 0.0886 e. The molecule has 10 rings (SSSR count). The monoisotopic (exact) mass is 714 g/mol. The maximum absolute atomic E-state index is 5.53. The van der Waals surface area contributed by atoms with E-state index in [0.29, 0.717) is 0 Å². The van der Waals surface area contributed by atoms with Crippen LogP contribution in [-0.2, 0) is 5.41 Å². The van der Waals surface area contributed by atoms with Crippen molar-refractivity contribution in [2.45, 2.75) is 5.41 Å². The first kappa shape index (κ1) is 33.3. The van der Waals surface area contributed by atoms with Crippen LogP contribution < -0.4 is 4.90 Å². The summed E-state index contributed by atoms with van der Waals surface area (Å²) in [5.74, 6) is 0. The van der Waals surface area contributed by atoms with E-state index >= 15 is 0 Å².